The van der Waals surface area contributed by atoms with Gasteiger partial charge in [0.2, 0.25) is 0 Å². The molecular formula is C11H20O. The Hall–Kier alpha value is -0.560. The van der Waals surface area contributed by atoms with E-state index in [-0.39, 0.29) is 11.5 Å². The smallest absolute Gasteiger partial charge is 0.0603 e. The molecule has 0 spiro atoms. The van der Waals surface area contributed by atoms with E-state index in [0.717, 1.165) is 12.8 Å². The monoisotopic (exact) mass is 168 g/mol. The molecule has 0 rings (SSSR count). The van der Waals surface area contributed by atoms with E-state index >= 15 is 0 Å². The van der Waals surface area contributed by atoms with Crippen molar-refractivity contribution in [2.75, 3.05) is 0 Å². The van der Waals surface area contributed by atoms with Crippen molar-refractivity contribution in [1.82, 2.24) is 0 Å². The molecule has 2 unspecified atom stereocenters. The van der Waals surface area contributed by atoms with Crippen LogP contribution in [0.4, 0.5) is 0 Å². The van der Waals surface area contributed by atoms with Crippen molar-refractivity contribution >= 4 is 0 Å². The van der Waals surface area contributed by atoms with Crippen LogP contribution in [0.2, 0.25) is 0 Å². The van der Waals surface area contributed by atoms with Crippen molar-refractivity contribution in [3.63, 3.8) is 0 Å². The highest BCUT2D eigenvalue weighted by Crippen LogP contribution is 2.28. The topological polar surface area (TPSA) is 20.2 Å². The Bertz CT molecular complexity index is 158. The zero-order valence-electron chi connectivity index (χ0n) is 8.38. The highest BCUT2D eigenvalue weighted by molar-refractivity contribution is 5.02. The fraction of sp³-hybridized carbons (Fsp3) is 0.636. The molecule has 1 N–H and O–H groups in total. The minimum absolute atomic E-state index is 0.141. The molecule has 0 aromatic rings. The van der Waals surface area contributed by atoms with Gasteiger partial charge in [-0.25, -0.2) is 0 Å². The number of aliphatic hydroxyl groups is 1. The molecule has 0 amide bonds. The summed E-state index contributed by atoms with van der Waals surface area (Å²) in [6, 6.07) is 0. The summed E-state index contributed by atoms with van der Waals surface area (Å²) in [5, 5.41) is 9.53. The first-order chi connectivity index (χ1) is 5.56. The summed E-state index contributed by atoms with van der Waals surface area (Å²) >= 11 is 0. The Labute approximate surface area is 75.8 Å². The summed E-state index contributed by atoms with van der Waals surface area (Å²) in [6.45, 7) is 9.65. The standard InChI is InChI=1S/C11H20O/c1-5-7-9-11(4,8-6-2)10(3)12/h6-7,9-10,12H,2,5,8H2,1,3-4H3. The first-order valence-corrected chi connectivity index (χ1v) is 4.53. The first-order valence-electron chi connectivity index (χ1n) is 4.53. The van der Waals surface area contributed by atoms with Crippen molar-refractivity contribution in [3.8, 4) is 0 Å². The van der Waals surface area contributed by atoms with Gasteiger partial charge in [0.1, 0.15) is 0 Å². The summed E-state index contributed by atoms with van der Waals surface area (Å²) in [6.07, 6.45) is 7.54. The molecule has 0 heterocycles. The van der Waals surface area contributed by atoms with Crippen LogP contribution < -0.4 is 0 Å². The molecule has 0 bridgehead atoms. The third-order valence-electron chi connectivity index (χ3n) is 2.27. The average Bonchev–Trinajstić information content (AvgIpc) is 2.01. The maximum atomic E-state index is 9.53. The molecule has 0 aliphatic rings. The van der Waals surface area contributed by atoms with Gasteiger partial charge in [-0.2, -0.15) is 0 Å². The lowest BCUT2D eigenvalue weighted by atomic mass is 9.81. The molecule has 0 aliphatic carbocycles. The quantitative estimate of drug-likeness (QED) is 0.626. The predicted octanol–water partition coefficient (Wildman–Crippen LogP) is 2.92. The van der Waals surface area contributed by atoms with E-state index in [0.29, 0.717) is 0 Å². The summed E-state index contributed by atoms with van der Waals surface area (Å²) in [7, 11) is 0. The predicted molar refractivity (Wildman–Crippen MR) is 54.0 cm³/mol. The van der Waals surface area contributed by atoms with Gasteiger partial charge < -0.3 is 5.11 Å². The van der Waals surface area contributed by atoms with Crippen LogP contribution in [0.15, 0.2) is 24.8 Å². The molecule has 1 heteroatoms. The molecule has 0 saturated heterocycles. The van der Waals surface area contributed by atoms with Crippen molar-refractivity contribution in [1.29, 1.82) is 0 Å². The Morgan fingerprint density at radius 1 is 1.58 bits per heavy atom. The van der Waals surface area contributed by atoms with Gasteiger partial charge in [-0.05, 0) is 19.8 Å². The van der Waals surface area contributed by atoms with E-state index in [1.807, 2.05) is 19.9 Å². The van der Waals surface area contributed by atoms with Crippen LogP contribution in [0.1, 0.15) is 33.6 Å². The Balaban J connectivity index is 4.37. The molecule has 0 aliphatic heterocycles. The van der Waals surface area contributed by atoms with E-state index in [1.54, 1.807) is 0 Å². The lowest BCUT2D eigenvalue weighted by molar-refractivity contribution is 0.0889. The lowest BCUT2D eigenvalue weighted by Crippen LogP contribution is -2.26. The molecule has 0 aromatic heterocycles. The van der Waals surface area contributed by atoms with E-state index in [1.165, 1.54) is 0 Å². The second-order valence-electron chi connectivity index (χ2n) is 3.49. The highest BCUT2D eigenvalue weighted by Gasteiger charge is 2.24. The van der Waals surface area contributed by atoms with Crippen LogP contribution >= 0.6 is 0 Å². The molecule has 70 valence electrons. The summed E-state index contributed by atoms with van der Waals surface area (Å²) in [5.41, 5.74) is -0.141. The minimum atomic E-state index is -0.321. The summed E-state index contributed by atoms with van der Waals surface area (Å²) in [5.74, 6) is 0. The Kier molecular flexibility index (Phi) is 4.91. The second-order valence-corrected chi connectivity index (χ2v) is 3.49. The zero-order valence-corrected chi connectivity index (χ0v) is 8.38. The van der Waals surface area contributed by atoms with Crippen molar-refractivity contribution in [2.45, 2.75) is 39.7 Å². The lowest BCUT2D eigenvalue weighted by Gasteiger charge is -2.27. The van der Waals surface area contributed by atoms with E-state index in [4.69, 9.17) is 0 Å². The van der Waals surface area contributed by atoms with Gasteiger partial charge in [0.15, 0.2) is 0 Å². The zero-order chi connectivity index (χ0) is 9.61. The summed E-state index contributed by atoms with van der Waals surface area (Å²) < 4.78 is 0. The molecule has 1 nitrogen and oxygen atoms in total. The Morgan fingerprint density at radius 3 is 2.50 bits per heavy atom. The van der Waals surface area contributed by atoms with Gasteiger partial charge in [-0.15, -0.1) is 6.58 Å². The van der Waals surface area contributed by atoms with Gasteiger partial charge in [0.25, 0.3) is 0 Å². The maximum absolute atomic E-state index is 9.53. The number of allylic oxidation sites excluding steroid dienone is 2. The van der Waals surface area contributed by atoms with Crippen LogP contribution in [-0.2, 0) is 0 Å². The number of rotatable bonds is 5. The molecule has 0 fully saturated rings. The third-order valence-corrected chi connectivity index (χ3v) is 2.27. The fourth-order valence-corrected chi connectivity index (χ4v) is 1.08. The Morgan fingerprint density at radius 2 is 2.17 bits per heavy atom. The molecule has 0 saturated carbocycles. The molecule has 12 heavy (non-hydrogen) atoms. The van der Waals surface area contributed by atoms with Crippen LogP contribution in [0.25, 0.3) is 0 Å². The van der Waals surface area contributed by atoms with Crippen LogP contribution in [0.3, 0.4) is 0 Å². The fourth-order valence-electron chi connectivity index (χ4n) is 1.08. The molecule has 2 atom stereocenters. The SMILES string of the molecule is C=CCC(C)(C=CCC)C(C)O. The van der Waals surface area contributed by atoms with Crippen molar-refractivity contribution in [3.05, 3.63) is 24.8 Å². The number of aliphatic hydroxyl groups excluding tert-OH is 1. The summed E-state index contributed by atoms with van der Waals surface area (Å²) in [4.78, 5) is 0. The van der Waals surface area contributed by atoms with Crippen LogP contribution in [-0.4, -0.2) is 11.2 Å². The van der Waals surface area contributed by atoms with Gasteiger partial charge in [0, 0.05) is 5.41 Å². The van der Waals surface area contributed by atoms with Gasteiger partial charge >= 0.3 is 0 Å². The third kappa shape index (κ3) is 3.22. The van der Waals surface area contributed by atoms with Crippen molar-refractivity contribution < 1.29 is 5.11 Å². The van der Waals surface area contributed by atoms with E-state index in [2.05, 4.69) is 25.7 Å². The van der Waals surface area contributed by atoms with E-state index in [9.17, 15) is 5.11 Å². The van der Waals surface area contributed by atoms with Gasteiger partial charge in [-0.3, -0.25) is 0 Å². The number of hydrogen-bond donors (Lipinski definition) is 1. The highest BCUT2D eigenvalue weighted by atomic mass is 16.3. The minimum Gasteiger partial charge on any atom is -0.393 e. The second kappa shape index (κ2) is 5.15. The first kappa shape index (κ1) is 11.4. The van der Waals surface area contributed by atoms with Gasteiger partial charge in [0.05, 0.1) is 6.10 Å². The van der Waals surface area contributed by atoms with Crippen LogP contribution in [0.5, 0.6) is 0 Å². The van der Waals surface area contributed by atoms with E-state index < -0.39 is 0 Å². The normalized spacial score (nSPS) is 19.0. The average molecular weight is 168 g/mol. The maximum Gasteiger partial charge on any atom is 0.0603 e. The molecule has 0 radical (unpaired) electrons. The van der Waals surface area contributed by atoms with Crippen LogP contribution in [0, 0.1) is 5.41 Å². The molecular weight excluding hydrogens is 148 g/mol. The van der Waals surface area contributed by atoms with Crippen molar-refractivity contribution in [2.24, 2.45) is 5.41 Å². The molecule has 0 aromatic carbocycles. The largest absolute Gasteiger partial charge is 0.393 e. The van der Waals surface area contributed by atoms with Gasteiger partial charge in [-0.1, -0.05) is 32.1 Å². The number of hydrogen-bond acceptors (Lipinski definition) is 1.